The summed E-state index contributed by atoms with van der Waals surface area (Å²) in [5.74, 6) is 0. The smallest absolute Gasteiger partial charge is 0.320 e. The van der Waals surface area contributed by atoms with E-state index in [0.29, 0.717) is 6.54 Å². The van der Waals surface area contributed by atoms with Crippen molar-refractivity contribution in [1.29, 1.82) is 0 Å². The van der Waals surface area contributed by atoms with Crippen molar-refractivity contribution < 1.29 is 4.79 Å². The lowest BCUT2D eigenvalue weighted by Crippen LogP contribution is -2.35. The predicted molar refractivity (Wildman–Crippen MR) is 43.2 cm³/mol. The molecule has 0 radical (unpaired) electrons. The van der Waals surface area contributed by atoms with Crippen LogP contribution in [-0.4, -0.2) is 48.6 Å². The Labute approximate surface area is 66.9 Å². The third-order valence-electron chi connectivity index (χ3n) is 2.20. The molecule has 2 amide bonds. The monoisotopic (exact) mass is 157 g/mol. The van der Waals surface area contributed by atoms with E-state index in [0.717, 1.165) is 13.1 Å². The molecule has 1 aliphatic heterocycles. The minimum absolute atomic E-state index is 0.1000. The first kappa shape index (κ1) is 8.33. The second-order valence-corrected chi connectivity index (χ2v) is 2.82. The van der Waals surface area contributed by atoms with Crippen LogP contribution in [0.25, 0.3) is 0 Å². The van der Waals surface area contributed by atoms with Crippen LogP contribution in [0.4, 0.5) is 4.79 Å². The molecule has 4 nitrogen and oxygen atoms in total. The molecule has 1 fully saturated rings. The van der Waals surface area contributed by atoms with Gasteiger partial charge in [-0.05, 0) is 6.92 Å². The molecule has 1 heterocycles. The van der Waals surface area contributed by atoms with Crippen LogP contribution in [0.1, 0.15) is 6.92 Å². The van der Waals surface area contributed by atoms with Crippen molar-refractivity contribution in [2.24, 2.45) is 5.73 Å². The van der Waals surface area contributed by atoms with E-state index in [2.05, 4.69) is 0 Å². The van der Waals surface area contributed by atoms with Gasteiger partial charge in [0.1, 0.15) is 0 Å². The lowest BCUT2D eigenvalue weighted by molar-refractivity contribution is 0.197. The van der Waals surface area contributed by atoms with Crippen LogP contribution in [0, 0.1) is 0 Å². The lowest BCUT2D eigenvalue weighted by atomic mass is 10.3. The Morgan fingerprint density at radius 1 is 1.73 bits per heavy atom. The van der Waals surface area contributed by atoms with Crippen molar-refractivity contribution in [3.05, 3.63) is 0 Å². The highest BCUT2D eigenvalue weighted by atomic mass is 16.2. The number of carbonyl (C=O) groups excluding carboxylic acids is 1. The maximum absolute atomic E-state index is 11.3. The summed E-state index contributed by atoms with van der Waals surface area (Å²) in [5, 5.41) is 0. The second-order valence-electron chi connectivity index (χ2n) is 2.82. The average Bonchev–Trinajstić information content (AvgIpc) is 2.30. The summed E-state index contributed by atoms with van der Waals surface area (Å²) >= 11 is 0. The molecule has 0 bridgehead atoms. The van der Waals surface area contributed by atoms with Gasteiger partial charge >= 0.3 is 6.03 Å². The molecule has 0 spiro atoms. The fourth-order valence-corrected chi connectivity index (χ4v) is 1.33. The topological polar surface area (TPSA) is 49.6 Å². The van der Waals surface area contributed by atoms with E-state index in [1.807, 2.05) is 6.92 Å². The van der Waals surface area contributed by atoms with Crippen LogP contribution >= 0.6 is 0 Å². The van der Waals surface area contributed by atoms with Crippen LogP contribution in [-0.2, 0) is 0 Å². The molecule has 1 rings (SSSR count). The van der Waals surface area contributed by atoms with Gasteiger partial charge in [0.15, 0.2) is 0 Å². The summed E-state index contributed by atoms with van der Waals surface area (Å²) in [6.07, 6.45) is 0. The van der Waals surface area contributed by atoms with E-state index in [9.17, 15) is 4.79 Å². The van der Waals surface area contributed by atoms with E-state index >= 15 is 0 Å². The summed E-state index contributed by atoms with van der Waals surface area (Å²) < 4.78 is 0. The number of hydrogen-bond acceptors (Lipinski definition) is 2. The van der Waals surface area contributed by atoms with Gasteiger partial charge in [0.25, 0.3) is 0 Å². The third kappa shape index (κ3) is 1.30. The van der Waals surface area contributed by atoms with Crippen LogP contribution in [0.15, 0.2) is 0 Å². The Balaban J connectivity index is 2.61. The first-order valence-corrected chi connectivity index (χ1v) is 3.92. The molecule has 0 aromatic rings. The standard InChI is InChI=1S/C7H15N3O/c1-3-10-5-6(4-8)9(2)7(10)11/h6H,3-5,8H2,1-2H3. The zero-order valence-corrected chi connectivity index (χ0v) is 7.08. The van der Waals surface area contributed by atoms with Crippen LogP contribution in [0.3, 0.4) is 0 Å². The van der Waals surface area contributed by atoms with Crippen molar-refractivity contribution in [1.82, 2.24) is 9.80 Å². The Morgan fingerprint density at radius 2 is 2.36 bits per heavy atom. The van der Waals surface area contributed by atoms with Crippen LogP contribution in [0.2, 0.25) is 0 Å². The Morgan fingerprint density at radius 3 is 2.64 bits per heavy atom. The first-order chi connectivity index (χ1) is 5.20. The normalized spacial score (nSPS) is 25.0. The van der Waals surface area contributed by atoms with E-state index in [1.165, 1.54) is 0 Å². The molecule has 0 aromatic heterocycles. The maximum Gasteiger partial charge on any atom is 0.320 e. The van der Waals surface area contributed by atoms with E-state index in [-0.39, 0.29) is 12.1 Å². The molecule has 0 aliphatic carbocycles. The number of nitrogens with two attached hydrogens (primary N) is 1. The fourth-order valence-electron chi connectivity index (χ4n) is 1.33. The highest BCUT2D eigenvalue weighted by Gasteiger charge is 2.31. The van der Waals surface area contributed by atoms with Crippen LogP contribution in [0.5, 0.6) is 0 Å². The van der Waals surface area contributed by atoms with Crippen LogP contribution < -0.4 is 5.73 Å². The van der Waals surface area contributed by atoms with E-state index in [4.69, 9.17) is 5.73 Å². The van der Waals surface area contributed by atoms with Crippen molar-refractivity contribution >= 4 is 6.03 Å². The van der Waals surface area contributed by atoms with Gasteiger partial charge in [-0.2, -0.15) is 0 Å². The minimum atomic E-state index is 0.1000. The van der Waals surface area contributed by atoms with E-state index < -0.39 is 0 Å². The lowest BCUT2D eigenvalue weighted by Gasteiger charge is -2.14. The maximum atomic E-state index is 11.3. The molecule has 0 saturated carbocycles. The van der Waals surface area contributed by atoms with Gasteiger partial charge in [0.05, 0.1) is 6.04 Å². The number of likely N-dealkylation sites (N-methyl/N-ethyl adjacent to an activating group) is 2. The van der Waals surface area contributed by atoms with Gasteiger partial charge in [-0.15, -0.1) is 0 Å². The molecular formula is C7H15N3O. The number of rotatable bonds is 2. The molecule has 4 heteroatoms. The summed E-state index contributed by atoms with van der Waals surface area (Å²) in [7, 11) is 1.80. The number of hydrogen-bond donors (Lipinski definition) is 1. The molecule has 64 valence electrons. The summed E-state index contributed by atoms with van der Waals surface area (Å²) in [5.41, 5.74) is 5.48. The highest BCUT2D eigenvalue weighted by Crippen LogP contribution is 2.11. The van der Waals surface area contributed by atoms with Crippen molar-refractivity contribution in [2.75, 3.05) is 26.7 Å². The Hall–Kier alpha value is -0.770. The number of nitrogens with zero attached hydrogens (tertiary/aromatic N) is 2. The fraction of sp³-hybridized carbons (Fsp3) is 0.857. The number of amides is 2. The first-order valence-electron chi connectivity index (χ1n) is 3.92. The Kier molecular flexibility index (Phi) is 2.34. The van der Waals surface area contributed by atoms with Gasteiger partial charge in [-0.25, -0.2) is 4.79 Å². The highest BCUT2D eigenvalue weighted by molar-refractivity contribution is 5.76. The molecule has 1 aliphatic rings. The Bertz CT molecular complexity index is 156. The van der Waals surface area contributed by atoms with E-state index in [1.54, 1.807) is 16.8 Å². The minimum Gasteiger partial charge on any atom is -0.328 e. The zero-order chi connectivity index (χ0) is 8.43. The van der Waals surface area contributed by atoms with Gasteiger partial charge in [-0.3, -0.25) is 0 Å². The number of urea groups is 1. The SMILES string of the molecule is CCN1CC(CN)N(C)C1=O. The third-order valence-corrected chi connectivity index (χ3v) is 2.20. The second kappa shape index (κ2) is 3.09. The summed E-state index contributed by atoms with van der Waals surface area (Å²) in [4.78, 5) is 14.8. The van der Waals surface area contributed by atoms with Gasteiger partial charge < -0.3 is 15.5 Å². The summed E-state index contributed by atoms with van der Waals surface area (Å²) in [6.45, 7) is 4.09. The molecular weight excluding hydrogens is 142 g/mol. The van der Waals surface area contributed by atoms with Crippen molar-refractivity contribution in [2.45, 2.75) is 13.0 Å². The summed E-state index contributed by atoms with van der Waals surface area (Å²) in [6, 6.07) is 0.311. The molecule has 2 N–H and O–H groups in total. The molecule has 11 heavy (non-hydrogen) atoms. The van der Waals surface area contributed by atoms with Crippen molar-refractivity contribution in [3.63, 3.8) is 0 Å². The van der Waals surface area contributed by atoms with Gasteiger partial charge in [-0.1, -0.05) is 0 Å². The van der Waals surface area contributed by atoms with Gasteiger partial charge in [0, 0.05) is 26.7 Å². The molecule has 1 atom stereocenters. The molecule has 1 saturated heterocycles. The zero-order valence-electron chi connectivity index (χ0n) is 7.08. The largest absolute Gasteiger partial charge is 0.328 e. The quantitative estimate of drug-likeness (QED) is 0.598. The predicted octanol–water partition coefficient (Wildman–Crippen LogP) is -0.299. The average molecular weight is 157 g/mol. The molecule has 1 unspecified atom stereocenters. The van der Waals surface area contributed by atoms with Crippen molar-refractivity contribution in [3.8, 4) is 0 Å². The molecule has 0 aromatic carbocycles. The van der Waals surface area contributed by atoms with Gasteiger partial charge in [0.2, 0.25) is 0 Å². The number of carbonyl (C=O) groups is 1.